The molecule has 0 saturated heterocycles. The van der Waals surface area contributed by atoms with E-state index in [0.717, 1.165) is 6.07 Å². The maximum Gasteiger partial charge on any atom is 0.417 e. The minimum Gasteiger partial charge on any atom is -0.478 e. The van der Waals surface area contributed by atoms with Crippen LogP contribution in [0, 0.1) is 0 Å². The maximum absolute atomic E-state index is 14.3. The van der Waals surface area contributed by atoms with Gasteiger partial charge in [-0.2, -0.15) is 13.2 Å². The van der Waals surface area contributed by atoms with E-state index in [2.05, 4.69) is 16.0 Å². The summed E-state index contributed by atoms with van der Waals surface area (Å²) in [6.07, 6.45) is -4.79. The van der Waals surface area contributed by atoms with Crippen LogP contribution in [-0.2, 0) is 6.18 Å². The van der Waals surface area contributed by atoms with Crippen molar-refractivity contribution in [1.82, 2.24) is 5.32 Å². The fraction of sp³-hybridized carbons (Fsp3) is 0.0545. The Morgan fingerprint density at radius 1 is 0.451 bits per heavy atom. The van der Waals surface area contributed by atoms with Gasteiger partial charge in [0.1, 0.15) is 11.5 Å². The highest BCUT2D eigenvalue weighted by Gasteiger charge is 2.34. The number of amides is 2. The summed E-state index contributed by atoms with van der Waals surface area (Å²) < 4.78 is 54.2. The van der Waals surface area contributed by atoms with Crippen molar-refractivity contribution >= 4 is 90.2 Å². The minimum absolute atomic E-state index is 0.00683. The Hall–Kier alpha value is -9.57. The van der Waals surface area contributed by atoms with E-state index in [1.807, 2.05) is 0 Å². The number of anilines is 2. The van der Waals surface area contributed by atoms with Gasteiger partial charge in [0.05, 0.1) is 38.9 Å². The van der Waals surface area contributed by atoms with Gasteiger partial charge in [0.25, 0.3) is 11.8 Å². The molecule has 0 aliphatic rings. The number of carbonyl (C=O) groups is 6. The predicted octanol–water partition coefficient (Wildman–Crippen LogP) is 11.5. The summed E-state index contributed by atoms with van der Waals surface area (Å²) in [5.74, 6) is -5.33. The highest BCUT2D eigenvalue weighted by molar-refractivity contribution is 6.15. The number of nitrogens with one attached hydrogen (secondary N) is 3. The molecule has 5 N–H and O–H groups in total. The van der Waals surface area contributed by atoms with Gasteiger partial charge in [-0.15, -0.1) is 0 Å². The van der Waals surface area contributed by atoms with E-state index in [0.29, 0.717) is 54.3 Å². The Kier molecular flexibility index (Phi) is 12.1. The lowest BCUT2D eigenvalue weighted by atomic mass is 9.96. The van der Waals surface area contributed by atoms with Crippen LogP contribution in [0.5, 0.6) is 11.5 Å². The molecule has 9 rings (SSSR count). The van der Waals surface area contributed by atoms with E-state index in [4.69, 9.17) is 9.47 Å². The van der Waals surface area contributed by atoms with Crippen molar-refractivity contribution in [2.24, 2.45) is 0 Å². The SMILES string of the molecule is CNC(=O)c1cc2cc3cc(C(=O)Oc4ccc(OC(=O)c5ccc6cc7cc(C(=O)O)c(C(=O)Nc8ccc(-c9ccc(NC)cc9)c(C(F)(F)F)c8)cc7cc6c5)cc4)ccc3cc2cc1C(=O)O. The quantitative estimate of drug-likeness (QED) is 0.0470. The second-order valence-corrected chi connectivity index (χ2v) is 16.3. The zero-order chi connectivity index (χ0) is 50.3. The summed E-state index contributed by atoms with van der Waals surface area (Å²) >= 11 is 0. The van der Waals surface area contributed by atoms with Crippen LogP contribution >= 0.6 is 0 Å². The first-order valence-electron chi connectivity index (χ1n) is 21.5. The van der Waals surface area contributed by atoms with Crippen molar-refractivity contribution in [3.8, 4) is 22.6 Å². The van der Waals surface area contributed by atoms with Crippen molar-refractivity contribution in [2.45, 2.75) is 6.18 Å². The lowest BCUT2D eigenvalue weighted by molar-refractivity contribution is -0.137. The first-order valence-corrected chi connectivity index (χ1v) is 21.5. The van der Waals surface area contributed by atoms with Crippen molar-refractivity contribution in [3.05, 3.63) is 191 Å². The molecule has 2 amide bonds. The van der Waals surface area contributed by atoms with Gasteiger partial charge < -0.3 is 35.6 Å². The lowest BCUT2D eigenvalue weighted by Gasteiger charge is -2.16. The van der Waals surface area contributed by atoms with Crippen molar-refractivity contribution < 1.29 is 61.6 Å². The summed E-state index contributed by atoms with van der Waals surface area (Å²) in [4.78, 5) is 77.0. The Bertz CT molecular complexity index is 3720. The van der Waals surface area contributed by atoms with Crippen LogP contribution in [0.25, 0.3) is 54.2 Å². The van der Waals surface area contributed by atoms with Crippen LogP contribution in [0.2, 0.25) is 0 Å². The third kappa shape index (κ3) is 9.49. The molecule has 0 aromatic heterocycles. The van der Waals surface area contributed by atoms with Gasteiger partial charge >= 0.3 is 30.1 Å². The number of carboxylic acid groups (broad SMARTS) is 2. The molecule has 0 saturated carbocycles. The summed E-state index contributed by atoms with van der Waals surface area (Å²) in [5, 5.41) is 32.1. The molecule has 0 heterocycles. The molecule has 0 fully saturated rings. The number of aromatic carboxylic acids is 2. The van der Waals surface area contributed by atoms with E-state index in [9.17, 15) is 52.2 Å². The van der Waals surface area contributed by atoms with Crippen molar-refractivity contribution in [3.63, 3.8) is 0 Å². The number of alkyl halides is 3. The maximum atomic E-state index is 14.3. The number of benzene rings is 9. The van der Waals surface area contributed by atoms with E-state index in [-0.39, 0.29) is 56.1 Å². The number of esters is 2. The van der Waals surface area contributed by atoms with Gasteiger partial charge in [-0.1, -0.05) is 30.3 Å². The molecule has 0 atom stereocenters. The largest absolute Gasteiger partial charge is 0.478 e. The predicted molar refractivity (Wildman–Crippen MR) is 261 cm³/mol. The number of hydrogen-bond donors (Lipinski definition) is 5. The number of hydrogen-bond acceptors (Lipinski definition) is 9. The van der Waals surface area contributed by atoms with Gasteiger partial charge in [0.2, 0.25) is 0 Å². The first-order chi connectivity index (χ1) is 34.0. The standard InChI is InChI=1S/C55H36F3N3O10/c1-59-39-9-7-28(8-10-39)43-16-11-40(27-48(43)55(56,57)58)61-50(63)45-24-38-22-34-20-32(6-4-30(34)18-36(38)26-47(45)52(66)67)54(69)71-42-14-12-41(13-15-42)70-53(68)31-5-3-29-17-35-25-46(51(64)65)44(49(62)60-2)23-37(35)21-33(29)19-31/h3-27,59H,1-2H3,(H,60,62)(H,61,63)(H,64,65)(H,66,67). The van der Waals surface area contributed by atoms with E-state index in [1.54, 1.807) is 73.8 Å². The number of halogens is 3. The molecular formula is C55H36F3N3O10. The average molecular weight is 956 g/mol. The molecular weight excluding hydrogens is 920 g/mol. The molecule has 13 nitrogen and oxygen atoms in total. The molecule has 0 unspecified atom stereocenters. The molecule has 0 aliphatic heterocycles. The Morgan fingerprint density at radius 3 is 1.31 bits per heavy atom. The van der Waals surface area contributed by atoms with Crippen LogP contribution in [0.15, 0.2) is 152 Å². The summed E-state index contributed by atoms with van der Waals surface area (Å²) in [6, 6.07) is 37.3. The molecule has 9 aromatic carbocycles. The second kappa shape index (κ2) is 18.5. The third-order valence-corrected chi connectivity index (χ3v) is 11.8. The number of fused-ring (bicyclic) bond motifs is 4. The Morgan fingerprint density at radius 2 is 0.873 bits per heavy atom. The highest BCUT2D eigenvalue weighted by Crippen LogP contribution is 2.39. The average Bonchev–Trinajstić information content (AvgIpc) is 3.36. The van der Waals surface area contributed by atoms with Crippen molar-refractivity contribution in [2.75, 3.05) is 24.7 Å². The summed E-state index contributed by atoms with van der Waals surface area (Å²) in [6.45, 7) is 0. The fourth-order valence-electron chi connectivity index (χ4n) is 8.25. The monoisotopic (exact) mass is 955 g/mol. The van der Waals surface area contributed by atoms with Crippen LogP contribution in [0.1, 0.15) is 67.7 Å². The van der Waals surface area contributed by atoms with Gasteiger partial charge in [-0.05, 0) is 176 Å². The topological polar surface area (TPSA) is 197 Å². The summed E-state index contributed by atoms with van der Waals surface area (Å²) in [7, 11) is 3.08. The van der Waals surface area contributed by atoms with E-state index in [1.165, 1.54) is 85.9 Å². The minimum atomic E-state index is -4.79. The zero-order valence-corrected chi connectivity index (χ0v) is 37.2. The Labute approximate surface area is 400 Å². The first kappa shape index (κ1) is 46.5. The van der Waals surface area contributed by atoms with Gasteiger partial charge in [0, 0.05) is 25.5 Å². The van der Waals surface area contributed by atoms with Crippen LogP contribution < -0.4 is 25.4 Å². The molecule has 0 spiro atoms. The zero-order valence-electron chi connectivity index (χ0n) is 37.2. The van der Waals surface area contributed by atoms with Gasteiger partial charge in [-0.25, -0.2) is 19.2 Å². The number of ether oxygens (including phenoxy) is 2. The van der Waals surface area contributed by atoms with Crippen molar-refractivity contribution in [1.29, 1.82) is 0 Å². The van der Waals surface area contributed by atoms with Gasteiger partial charge in [0.15, 0.2) is 0 Å². The van der Waals surface area contributed by atoms with E-state index < -0.39 is 47.4 Å². The number of carboxylic acids is 2. The molecule has 71 heavy (non-hydrogen) atoms. The number of carbonyl (C=O) groups excluding carboxylic acids is 4. The van der Waals surface area contributed by atoms with Crippen LogP contribution in [-0.4, -0.2) is 60.0 Å². The van der Waals surface area contributed by atoms with Crippen LogP contribution in [0.3, 0.4) is 0 Å². The third-order valence-electron chi connectivity index (χ3n) is 11.8. The normalized spacial score (nSPS) is 11.3. The highest BCUT2D eigenvalue weighted by atomic mass is 19.4. The van der Waals surface area contributed by atoms with Gasteiger partial charge in [-0.3, -0.25) is 9.59 Å². The fourth-order valence-corrected chi connectivity index (χ4v) is 8.25. The molecule has 9 aromatic rings. The summed E-state index contributed by atoms with van der Waals surface area (Å²) in [5.41, 5.74) is -0.791. The van der Waals surface area contributed by atoms with Crippen LogP contribution in [0.4, 0.5) is 24.5 Å². The molecule has 16 heteroatoms. The smallest absolute Gasteiger partial charge is 0.417 e. The molecule has 352 valence electrons. The van der Waals surface area contributed by atoms with E-state index >= 15 is 0 Å². The molecule has 0 bridgehead atoms. The molecule has 0 aliphatic carbocycles. The second-order valence-electron chi connectivity index (χ2n) is 16.3. The lowest BCUT2D eigenvalue weighted by Crippen LogP contribution is -2.21. The molecule has 0 radical (unpaired) electrons. The number of rotatable bonds is 11. The Balaban J connectivity index is 0.904.